The van der Waals surface area contributed by atoms with Gasteiger partial charge < -0.3 is 15.7 Å². The number of hydrogen-bond donors (Lipinski definition) is 3. The van der Waals surface area contributed by atoms with Crippen LogP contribution in [0.1, 0.15) is 34.8 Å². The van der Waals surface area contributed by atoms with Gasteiger partial charge in [0.25, 0.3) is 11.8 Å². The Balaban J connectivity index is 1.61. The fourth-order valence-corrected chi connectivity index (χ4v) is 3.43. The molecule has 0 aromatic carbocycles. The lowest BCUT2D eigenvalue weighted by Crippen LogP contribution is -2.22. The molecule has 4 aromatic heterocycles. The van der Waals surface area contributed by atoms with Gasteiger partial charge in [0, 0.05) is 60.8 Å². The minimum Gasteiger partial charge on any atom is -0.382 e. The Morgan fingerprint density at radius 2 is 1.85 bits per heavy atom. The highest BCUT2D eigenvalue weighted by Crippen LogP contribution is 2.31. The van der Waals surface area contributed by atoms with Crippen molar-refractivity contribution >= 4 is 28.3 Å². The van der Waals surface area contributed by atoms with E-state index in [1.54, 1.807) is 25.5 Å². The second-order valence-electron chi connectivity index (χ2n) is 7.88. The summed E-state index contributed by atoms with van der Waals surface area (Å²) in [7, 11) is 1.78. The number of aryl methyl sites for hydroxylation is 1. The van der Waals surface area contributed by atoms with Crippen molar-refractivity contribution in [3.05, 3.63) is 72.1 Å². The Kier molecular flexibility index (Phi) is 6.16. The molecule has 174 valence electrons. The summed E-state index contributed by atoms with van der Waals surface area (Å²) in [5.41, 5.74) is 3.24. The zero-order chi connectivity index (χ0) is 24.5. The third-order valence-electron chi connectivity index (χ3n) is 5.29. The lowest BCUT2D eigenvalue weighted by atomic mass is 10.0. The quantitative estimate of drug-likeness (QED) is 0.388. The molecular formula is C24H22F2N6O2. The average Bonchev–Trinajstić information content (AvgIpc) is 2.83. The van der Waals surface area contributed by atoms with Gasteiger partial charge in [-0.15, -0.1) is 0 Å². The third kappa shape index (κ3) is 4.81. The molecule has 4 aromatic rings. The van der Waals surface area contributed by atoms with Crippen LogP contribution in [0.2, 0.25) is 0 Å². The standard InChI is InChI=1S/C24H22F2N6O2/c1-13-18(15-6-16-11-31-21(27-3)9-19(16)30-10-15)8-17(12-29-13)32-23(34)20-7-14(4-5-28-20)22(33)24(2,25)26/h4-12,22,33H,1-3H3,(H,27,31)(H,32,34)/t22-/m0/s1. The molecule has 4 rings (SSSR count). The molecule has 0 bridgehead atoms. The number of alkyl halides is 2. The Bertz CT molecular complexity index is 1370. The number of aliphatic hydroxyl groups is 1. The molecule has 10 heteroatoms. The maximum atomic E-state index is 13.5. The van der Waals surface area contributed by atoms with Crippen LogP contribution >= 0.6 is 0 Å². The largest absolute Gasteiger partial charge is 0.382 e. The van der Waals surface area contributed by atoms with Crippen LogP contribution in [-0.4, -0.2) is 43.9 Å². The summed E-state index contributed by atoms with van der Waals surface area (Å²) in [6, 6.07) is 7.90. The Morgan fingerprint density at radius 3 is 2.59 bits per heavy atom. The minimum atomic E-state index is -3.36. The predicted molar refractivity (Wildman–Crippen MR) is 125 cm³/mol. The van der Waals surface area contributed by atoms with Crippen molar-refractivity contribution in [1.29, 1.82) is 0 Å². The number of fused-ring (bicyclic) bond motifs is 1. The molecule has 0 unspecified atom stereocenters. The molecule has 0 radical (unpaired) electrons. The van der Waals surface area contributed by atoms with Crippen molar-refractivity contribution < 1.29 is 18.7 Å². The minimum absolute atomic E-state index is 0.104. The molecule has 0 saturated carbocycles. The first-order chi connectivity index (χ1) is 16.2. The molecule has 0 saturated heterocycles. The second kappa shape index (κ2) is 9.06. The first kappa shape index (κ1) is 23.1. The first-order valence-electron chi connectivity index (χ1n) is 10.4. The number of halogens is 2. The van der Waals surface area contributed by atoms with Crippen LogP contribution in [0, 0.1) is 6.92 Å². The monoisotopic (exact) mass is 464 g/mol. The summed E-state index contributed by atoms with van der Waals surface area (Å²) in [6.07, 6.45) is 4.08. The molecule has 0 aliphatic heterocycles. The molecule has 0 spiro atoms. The fourth-order valence-electron chi connectivity index (χ4n) is 3.43. The number of nitrogens with one attached hydrogen (secondary N) is 2. The highest BCUT2D eigenvalue weighted by atomic mass is 19.3. The van der Waals surface area contributed by atoms with Crippen molar-refractivity contribution in [3.8, 4) is 11.1 Å². The van der Waals surface area contributed by atoms with Crippen LogP contribution in [0.25, 0.3) is 22.0 Å². The van der Waals surface area contributed by atoms with Gasteiger partial charge in [0.15, 0.2) is 0 Å². The van der Waals surface area contributed by atoms with E-state index in [0.29, 0.717) is 18.4 Å². The first-order valence-corrected chi connectivity index (χ1v) is 10.4. The van der Waals surface area contributed by atoms with Gasteiger partial charge in [-0.05, 0) is 36.8 Å². The summed E-state index contributed by atoms with van der Waals surface area (Å²) in [6.45, 7) is 2.44. The van der Waals surface area contributed by atoms with Gasteiger partial charge >= 0.3 is 0 Å². The molecule has 3 N–H and O–H groups in total. The normalized spacial score (nSPS) is 12.4. The topological polar surface area (TPSA) is 113 Å². The number of carbonyl (C=O) groups excluding carboxylic acids is 1. The zero-order valence-electron chi connectivity index (χ0n) is 18.7. The molecule has 0 aliphatic carbocycles. The van der Waals surface area contributed by atoms with Crippen LogP contribution < -0.4 is 10.6 Å². The lowest BCUT2D eigenvalue weighted by molar-refractivity contribution is -0.0954. The summed E-state index contributed by atoms with van der Waals surface area (Å²) in [5, 5.41) is 16.3. The summed E-state index contributed by atoms with van der Waals surface area (Å²) < 4.78 is 26.9. The molecule has 0 aliphatic rings. The van der Waals surface area contributed by atoms with Gasteiger partial charge in [-0.3, -0.25) is 19.7 Å². The molecule has 1 atom stereocenters. The molecule has 0 fully saturated rings. The van der Waals surface area contributed by atoms with Crippen LogP contribution in [0.15, 0.2) is 55.1 Å². The van der Waals surface area contributed by atoms with Crippen LogP contribution in [0.3, 0.4) is 0 Å². The van der Waals surface area contributed by atoms with Crippen LogP contribution in [0.5, 0.6) is 0 Å². The highest BCUT2D eigenvalue weighted by molar-refractivity contribution is 6.03. The number of pyridine rings is 4. The summed E-state index contributed by atoms with van der Waals surface area (Å²) in [5.74, 6) is -3.27. The van der Waals surface area contributed by atoms with Crippen LogP contribution in [-0.2, 0) is 0 Å². The number of aliphatic hydroxyl groups excluding tert-OH is 1. The van der Waals surface area contributed by atoms with Gasteiger partial charge in [0.05, 0.1) is 17.4 Å². The molecule has 34 heavy (non-hydrogen) atoms. The Labute approximate surface area is 194 Å². The van der Waals surface area contributed by atoms with E-state index >= 15 is 0 Å². The number of aromatic nitrogens is 4. The Morgan fingerprint density at radius 1 is 1.06 bits per heavy atom. The predicted octanol–water partition coefficient (Wildman–Crippen LogP) is 4.38. The molecule has 4 heterocycles. The van der Waals surface area contributed by atoms with E-state index in [2.05, 4.69) is 30.6 Å². The van der Waals surface area contributed by atoms with Crippen molar-refractivity contribution in [2.75, 3.05) is 17.7 Å². The van der Waals surface area contributed by atoms with Gasteiger partial charge in [-0.25, -0.2) is 13.8 Å². The van der Waals surface area contributed by atoms with Crippen molar-refractivity contribution in [3.63, 3.8) is 0 Å². The van der Waals surface area contributed by atoms with Crippen molar-refractivity contribution in [2.24, 2.45) is 0 Å². The lowest BCUT2D eigenvalue weighted by Gasteiger charge is -2.18. The number of carbonyl (C=O) groups is 1. The maximum Gasteiger partial charge on any atom is 0.274 e. The van der Waals surface area contributed by atoms with Gasteiger partial charge in [-0.1, -0.05) is 0 Å². The molecule has 1 amide bonds. The van der Waals surface area contributed by atoms with Crippen molar-refractivity contribution in [1.82, 2.24) is 19.9 Å². The highest BCUT2D eigenvalue weighted by Gasteiger charge is 2.34. The molecular weight excluding hydrogens is 442 g/mol. The second-order valence-corrected chi connectivity index (χ2v) is 7.88. The van der Waals surface area contributed by atoms with E-state index in [1.165, 1.54) is 18.5 Å². The number of rotatable bonds is 6. The van der Waals surface area contributed by atoms with Gasteiger partial charge in [0.2, 0.25) is 0 Å². The van der Waals surface area contributed by atoms with E-state index in [4.69, 9.17) is 0 Å². The van der Waals surface area contributed by atoms with Gasteiger partial charge in [0.1, 0.15) is 17.6 Å². The zero-order valence-corrected chi connectivity index (χ0v) is 18.7. The van der Waals surface area contributed by atoms with Crippen molar-refractivity contribution in [2.45, 2.75) is 25.9 Å². The van der Waals surface area contributed by atoms with Gasteiger partial charge in [-0.2, -0.15) is 0 Å². The third-order valence-corrected chi connectivity index (χ3v) is 5.29. The number of hydrogen-bond acceptors (Lipinski definition) is 7. The maximum absolute atomic E-state index is 13.5. The summed E-state index contributed by atoms with van der Waals surface area (Å²) >= 11 is 0. The number of nitrogens with zero attached hydrogens (tertiary/aromatic N) is 4. The van der Waals surface area contributed by atoms with Crippen LogP contribution in [0.4, 0.5) is 20.3 Å². The fraction of sp³-hybridized carbons (Fsp3) is 0.208. The Hall–Kier alpha value is -4.05. The summed E-state index contributed by atoms with van der Waals surface area (Å²) in [4.78, 5) is 29.8. The van der Waals surface area contributed by atoms with E-state index < -0.39 is 17.9 Å². The van der Waals surface area contributed by atoms with E-state index in [-0.39, 0.29) is 11.3 Å². The van der Waals surface area contributed by atoms with E-state index in [0.717, 1.165) is 33.8 Å². The molecule has 8 nitrogen and oxygen atoms in total. The van der Waals surface area contributed by atoms with E-state index in [9.17, 15) is 18.7 Å². The number of anilines is 2. The smallest absolute Gasteiger partial charge is 0.274 e. The number of amides is 1. The average molecular weight is 464 g/mol. The van der Waals surface area contributed by atoms with E-state index in [1.807, 2.05) is 19.1 Å². The SMILES string of the molecule is CNc1cc2ncc(-c3cc(NC(=O)c4cc([C@H](O)C(C)(F)F)ccn4)cnc3C)cc2cn1.